The highest BCUT2D eigenvalue weighted by Crippen LogP contribution is 2.22. The molecule has 3 N–H and O–H groups in total. The van der Waals surface area contributed by atoms with Crippen molar-refractivity contribution in [3.63, 3.8) is 0 Å². The number of phenols is 1. The van der Waals surface area contributed by atoms with Crippen LogP contribution in [0.15, 0.2) is 18.2 Å². The van der Waals surface area contributed by atoms with Gasteiger partial charge in [-0.05, 0) is 37.8 Å². The van der Waals surface area contributed by atoms with Crippen LogP contribution in [-0.4, -0.2) is 11.1 Å². The highest BCUT2D eigenvalue weighted by atomic mass is 16.3. The summed E-state index contributed by atoms with van der Waals surface area (Å²) in [5.74, 6) is 0.420. The first-order chi connectivity index (χ1) is 6.11. The fraction of sp³-hybridized carbons (Fsp3) is 0.455. The Kier molecular flexibility index (Phi) is 3.32. The molecule has 0 aliphatic heterocycles. The summed E-state index contributed by atoms with van der Waals surface area (Å²) in [5.41, 5.74) is 7.58. The molecule has 13 heavy (non-hydrogen) atoms. The van der Waals surface area contributed by atoms with E-state index in [0.29, 0.717) is 5.75 Å². The van der Waals surface area contributed by atoms with Crippen molar-refractivity contribution in [3.05, 3.63) is 29.3 Å². The van der Waals surface area contributed by atoms with E-state index >= 15 is 0 Å². The van der Waals surface area contributed by atoms with E-state index in [1.165, 1.54) is 0 Å². The Morgan fingerprint density at radius 1 is 1.46 bits per heavy atom. The second kappa shape index (κ2) is 4.28. The van der Waals surface area contributed by atoms with E-state index in [-0.39, 0.29) is 6.04 Å². The van der Waals surface area contributed by atoms with Gasteiger partial charge in [-0.1, -0.05) is 18.2 Å². The Bertz CT molecular complexity index is 281. The molecule has 0 spiro atoms. The predicted molar refractivity (Wildman–Crippen MR) is 54.8 cm³/mol. The van der Waals surface area contributed by atoms with Gasteiger partial charge in [-0.25, -0.2) is 0 Å². The first kappa shape index (κ1) is 10.1. The Labute approximate surface area is 79.4 Å². The van der Waals surface area contributed by atoms with E-state index in [1.54, 1.807) is 0 Å². The summed E-state index contributed by atoms with van der Waals surface area (Å²) < 4.78 is 0. The number of aromatic hydroxyl groups is 1. The summed E-state index contributed by atoms with van der Waals surface area (Å²) in [7, 11) is 0. The van der Waals surface area contributed by atoms with Gasteiger partial charge in [-0.15, -0.1) is 0 Å². The average molecular weight is 179 g/mol. The van der Waals surface area contributed by atoms with Crippen LogP contribution in [0.5, 0.6) is 5.75 Å². The molecular weight excluding hydrogens is 162 g/mol. The van der Waals surface area contributed by atoms with Gasteiger partial charge >= 0.3 is 0 Å². The maximum atomic E-state index is 9.67. The van der Waals surface area contributed by atoms with E-state index in [1.807, 2.05) is 32.0 Å². The smallest absolute Gasteiger partial charge is 0.121 e. The molecule has 0 fully saturated rings. The number of nitrogens with two attached hydrogens (primary N) is 1. The Morgan fingerprint density at radius 3 is 2.77 bits per heavy atom. The SMILES string of the molecule is Cc1cccc(CCC(C)N)c1O. The van der Waals surface area contributed by atoms with Crippen LogP contribution in [0, 0.1) is 6.92 Å². The summed E-state index contributed by atoms with van der Waals surface area (Å²) in [6.45, 7) is 3.89. The van der Waals surface area contributed by atoms with E-state index in [4.69, 9.17) is 5.73 Å². The first-order valence-corrected chi connectivity index (χ1v) is 4.64. The molecule has 0 heterocycles. The minimum absolute atomic E-state index is 0.194. The van der Waals surface area contributed by atoms with Crippen molar-refractivity contribution < 1.29 is 5.11 Å². The number of hydrogen-bond acceptors (Lipinski definition) is 2. The second-order valence-corrected chi connectivity index (χ2v) is 3.60. The molecule has 0 saturated heterocycles. The summed E-state index contributed by atoms with van der Waals surface area (Å²) in [4.78, 5) is 0. The third-order valence-corrected chi connectivity index (χ3v) is 2.19. The molecule has 0 amide bonds. The lowest BCUT2D eigenvalue weighted by Crippen LogP contribution is -2.15. The highest BCUT2D eigenvalue weighted by molar-refractivity contribution is 5.39. The molecule has 2 heteroatoms. The largest absolute Gasteiger partial charge is 0.507 e. The lowest BCUT2D eigenvalue weighted by atomic mass is 10.0. The lowest BCUT2D eigenvalue weighted by molar-refractivity contribution is 0.461. The summed E-state index contributed by atoms with van der Waals surface area (Å²) in [5, 5.41) is 9.67. The molecule has 2 nitrogen and oxygen atoms in total. The van der Waals surface area contributed by atoms with Crippen molar-refractivity contribution in [2.24, 2.45) is 5.73 Å². The molecule has 1 aromatic carbocycles. The van der Waals surface area contributed by atoms with Gasteiger partial charge in [0.05, 0.1) is 0 Å². The van der Waals surface area contributed by atoms with Crippen LogP contribution in [0.3, 0.4) is 0 Å². The number of para-hydroxylation sites is 1. The summed E-state index contributed by atoms with van der Waals surface area (Å²) in [6, 6.07) is 6.01. The highest BCUT2D eigenvalue weighted by Gasteiger charge is 2.04. The third-order valence-electron chi connectivity index (χ3n) is 2.19. The van der Waals surface area contributed by atoms with Crippen molar-refractivity contribution in [3.8, 4) is 5.75 Å². The predicted octanol–water partition coefficient (Wildman–Crippen LogP) is 1.98. The molecule has 1 aromatic rings. The summed E-state index contributed by atoms with van der Waals surface area (Å²) in [6.07, 6.45) is 1.77. The van der Waals surface area contributed by atoms with E-state index in [0.717, 1.165) is 24.0 Å². The molecule has 0 bridgehead atoms. The third kappa shape index (κ3) is 2.74. The standard InChI is InChI=1S/C11H17NO/c1-8-4-3-5-10(11(8)13)7-6-9(2)12/h3-5,9,13H,6-7,12H2,1-2H3. The zero-order valence-corrected chi connectivity index (χ0v) is 8.25. The number of aryl methyl sites for hydroxylation is 2. The molecular formula is C11H17NO. The van der Waals surface area contributed by atoms with Gasteiger partial charge in [-0.2, -0.15) is 0 Å². The number of rotatable bonds is 3. The number of phenolic OH excluding ortho intramolecular Hbond substituents is 1. The second-order valence-electron chi connectivity index (χ2n) is 3.60. The van der Waals surface area contributed by atoms with E-state index in [9.17, 15) is 5.11 Å². The van der Waals surface area contributed by atoms with Gasteiger partial charge in [0.15, 0.2) is 0 Å². The quantitative estimate of drug-likeness (QED) is 0.745. The molecule has 1 unspecified atom stereocenters. The van der Waals surface area contributed by atoms with Gasteiger partial charge in [0, 0.05) is 6.04 Å². The molecule has 72 valence electrons. The van der Waals surface area contributed by atoms with Crippen molar-refractivity contribution >= 4 is 0 Å². The van der Waals surface area contributed by atoms with E-state index in [2.05, 4.69) is 0 Å². The Balaban J connectivity index is 2.71. The van der Waals surface area contributed by atoms with Crippen molar-refractivity contribution in [2.45, 2.75) is 32.7 Å². The van der Waals surface area contributed by atoms with Crippen LogP contribution in [-0.2, 0) is 6.42 Å². The normalized spacial score (nSPS) is 12.8. The fourth-order valence-electron chi connectivity index (χ4n) is 1.30. The number of hydrogen-bond donors (Lipinski definition) is 2. The van der Waals surface area contributed by atoms with Crippen LogP contribution in [0.25, 0.3) is 0 Å². The molecule has 1 atom stereocenters. The van der Waals surface area contributed by atoms with Crippen LogP contribution >= 0.6 is 0 Å². The first-order valence-electron chi connectivity index (χ1n) is 4.64. The van der Waals surface area contributed by atoms with Crippen molar-refractivity contribution in [2.75, 3.05) is 0 Å². The zero-order chi connectivity index (χ0) is 9.84. The van der Waals surface area contributed by atoms with Crippen LogP contribution < -0.4 is 5.73 Å². The van der Waals surface area contributed by atoms with Crippen LogP contribution in [0.2, 0.25) is 0 Å². The molecule has 0 aromatic heterocycles. The minimum atomic E-state index is 0.194. The van der Waals surface area contributed by atoms with Crippen LogP contribution in [0.4, 0.5) is 0 Å². The maximum Gasteiger partial charge on any atom is 0.121 e. The number of benzene rings is 1. The lowest BCUT2D eigenvalue weighted by Gasteiger charge is -2.08. The van der Waals surface area contributed by atoms with Gasteiger partial charge in [-0.3, -0.25) is 0 Å². The fourth-order valence-corrected chi connectivity index (χ4v) is 1.30. The summed E-state index contributed by atoms with van der Waals surface area (Å²) >= 11 is 0. The molecule has 0 aliphatic rings. The maximum absolute atomic E-state index is 9.67. The Hall–Kier alpha value is -1.02. The molecule has 0 saturated carbocycles. The van der Waals surface area contributed by atoms with Gasteiger partial charge in [0.1, 0.15) is 5.75 Å². The van der Waals surface area contributed by atoms with Crippen molar-refractivity contribution in [1.29, 1.82) is 0 Å². The van der Waals surface area contributed by atoms with E-state index < -0.39 is 0 Å². The van der Waals surface area contributed by atoms with Gasteiger partial charge in [0.2, 0.25) is 0 Å². The average Bonchev–Trinajstić information content (AvgIpc) is 2.07. The Morgan fingerprint density at radius 2 is 2.15 bits per heavy atom. The topological polar surface area (TPSA) is 46.2 Å². The zero-order valence-electron chi connectivity index (χ0n) is 8.25. The van der Waals surface area contributed by atoms with Crippen molar-refractivity contribution in [1.82, 2.24) is 0 Å². The monoisotopic (exact) mass is 179 g/mol. The molecule has 0 radical (unpaired) electrons. The molecule has 0 aliphatic carbocycles. The van der Waals surface area contributed by atoms with Gasteiger partial charge in [0.25, 0.3) is 0 Å². The minimum Gasteiger partial charge on any atom is -0.507 e. The molecule has 1 rings (SSSR count). The van der Waals surface area contributed by atoms with Gasteiger partial charge < -0.3 is 10.8 Å². The van der Waals surface area contributed by atoms with Crippen LogP contribution in [0.1, 0.15) is 24.5 Å².